The van der Waals surface area contributed by atoms with Gasteiger partial charge in [-0.25, -0.2) is 0 Å². The van der Waals surface area contributed by atoms with E-state index in [1.54, 1.807) is 41.3 Å². The number of aromatic nitrogens is 2. The molecule has 2 amide bonds. The molecule has 1 N–H and O–H groups in total. The number of likely N-dealkylation sites (tertiary alicyclic amines) is 1. The van der Waals surface area contributed by atoms with Gasteiger partial charge >= 0.3 is 0 Å². The summed E-state index contributed by atoms with van der Waals surface area (Å²) >= 11 is 0. The largest absolute Gasteiger partial charge is 0.497 e. The summed E-state index contributed by atoms with van der Waals surface area (Å²) in [5, 5.41) is 11.5. The van der Waals surface area contributed by atoms with E-state index in [4.69, 9.17) is 9.47 Å². The molecule has 34 heavy (non-hydrogen) atoms. The molecule has 1 atom stereocenters. The van der Waals surface area contributed by atoms with E-state index < -0.39 is 11.5 Å². The Hall–Kier alpha value is -3.43. The zero-order chi connectivity index (χ0) is 24.0. The molecule has 3 aromatic rings. The van der Waals surface area contributed by atoms with Gasteiger partial charge in [0, 0.05) is 57.1 Å². The van der Waals surface area contributed by atoms with Gasteiger partial charge in [-0.1, -0.05) is 6.07 Å². The van der Waals surface area contributed by atoms with Crippen LogP contribution in [0, 0.1) is 0 Å². The van der Waals surface area contributed by atoms with Gasteiger partial charge in [0.25, 0.3) is 5.91 Å². The fraction of sp³-hybridized carbons (Fsp3) is 0.400. The Kier molecular flexibility index (Phi) is 5.53. The SMILES string of the molecule is COCC(=O)N1CC2(C1)CN(C(=O)c1ccccn1)[C@@H](CO)c1c2c2ccc(OC)cc2n1C. The number of nitrogens with zero attached hydrogens (tertiary/aromatic N) is 4. The third-order valence-electron chi connectivity index (χ3n) is 7.07. The summed E-state index contributed by atoms with van der Waals surface area (Å²) in [6, 6.07) is 10.6. The molecule has 2 aliphatic heterocycles. The Bertz CT molecular complexity index is 1250. The molecular weight excluding hydrogens is 436 g/mol. The molecule has 9 heteroatoms. The first kappa shape index (κ1) is 22.4. The normalized spacial score (nSPS) is 18.6. The van der Waals surface area contributed by atoms with Crippen molar-refractivity contribution in [2.75, 3.05) is 47.1 Å². The van der Waals surface area contributed by atoms with Gasteiger partial charge in [0.2, 0.25) is 5.91 Å². The van der Waals surface area contributed by atoms with Crippen LogP contribution in [0.3, 0.4) is 0 Å². The number of methoxy groups -OCH3 is 2. The Morgan fingerprint density at radius 1 is 1.18 bits per heavy atom. The van der Waals surface area contributed by atoms with Gasteiger partial charge in [0.05, 0.1) is 30.7 Å². The van der Waals surface area contributed by atoms with Gasteiger partial charge in [0.1, 0.15) is 18.1 Å². The Morgan fingerprint density at radius 3 is 2.62 bits per heavy atom. The predicted molar refractivity (Wildman–Crippen MR) is 125 cm³/mol. The van der Waals surface area contributed by atoms with Crippen LogP contribution in [0.4, 0.5) is 0 Å². The highest BCUT2D eigenvalue weighted by Crippen LogP contribution is 2.49. The van der Waals surface area contributed by atoms with Crippen LogP contribution in [0.1, 0.15) is 27.8 Å². The number of aliphatic hydroxyl groups is 1. The molecule has 0 bridgehead atoms. The van der Waals surface area contributed by atoms with Crippen molar-refractivity contribution >= 4 is 22.7 Å². The minimum atomic E-state index is -0.540. The molecule has 1 fully saturated rings. The van der Waals surface area contributed by atoms with Crippen molar-refractivity contribution in [1.29, 1.82) is 0 Å². The van der Waals surface area contributed by atoms with Crippen molar-refractivity contribution < 1.29 is 24.2 Å². The lowest BCUT2D eigenvalue weighted by Gasteiger charge is -2.56. The van der Waals surface area contributed by atoms with Crippen LogP contribution in [0.25, 0.3) is 10.9 Å². The average Bonchev–Trinajstić information content (AvgIpc) is 3.14. The van der Waals surface area contributed by atoms with Crippen molar-refractivity contribution in [2.45, 2.75) is 11.5 Å². The van der Waals surface area contributed by atoms with Crippen molar-refractivity contribution in [3.05, 3.63) is 59.5 Å². The van der Waals surface area contributed by atoms with Crippen LogP contribution in [0.2, 0.25) is 0 Å². The highest BCUT2D eigenvalue weighted by molar-refractivity contribution is 5.95. The summed E-state index contributed by atoms with van der Waals surface area (Å²) in [7, 11) is 5.07. The predicted octanol–water partition coefficient (Wildman–Crippen LogP) is 1.50. The fourth-order valence-corrected chi connectivity index (χ4v) is 5.54. The number of aryl methyl sites for hydroxylation is 1. The first-order valence-electron chi connectivity index (χ1n) is 11.2. The summed E-state index contributed by atoms with van der Waals surface area (Å²) in [6.07, 6.45) is 1.59. The average molecular weight is 465 g/mol. The molecule has 0 aliphatic carbocycles. The quantitative estimate of drug-likeness (QED) is 0.615. The third kappa shape index (κ3) is 3.26. The molecule has 0 radical (unpaired) electrons. The maximum atomic E-state index is 13.6. The van der Waals surface area contributed by atoms with E-state index in [-0.39, 0.29) is 25.0 Å². The maximum Gasteiger partial charge on any atom is 0.273 e. The molecule has 9 nitrogen and oxygen atoms in total. The van der Waals surface area contributed by atoms with Crippen LogP contribution >= 0.6 is 0 Å². The van der Waals surface area contributed by atoms with E-state index in [9.17, 15) is 14.7 Å². The van der Waals surface area contributed by atoms with Gasteiger partial charge in [-0.05, 0) is 29.8 Å². The second kappa shape index (κ2) is 8.41. The Morgan fingerprint density at radius 2 is 1.97 bits per heavy atom. The Labute approximate surface area is 197 Å². The highest BCUT2D eigenvalue weighted by atomic mass is 16.5. The number of benzene rings is 1. The minimum absolute atomic E-state index is 0.0194. The van der Waals surface area contributed by atoms with Crippen molar-refractivity contribution in [2.24, 2.45) is 7.05 Å². The first-order chi connectivity index (χ1) is 16.4. The van der Waals surface area contributed by atoms with Crippen LogP contribution in [0.5, 0.6) is 5.75 Å². The van der Waals surface area contributed by atoms with E-state index in [0.717, 1.165) is 27.9 Å². The number of carbonyl (C=O) groups is 2. The van der Waals surface area contributed by atoms with Gasteiger partial charge in [-0.3, -0.25) is 14.6 Å². The van der Waals surface area contributed by atoms with E-state index in [1.807, 2.05) is 29.8 Å². The molecule has 1 spiro atoms. The number of hydrogen-bond acceptors (Lipinski definition) is 6. The number of carbonyl (C=O) groups excluding carboxylic acids is 2. The summed E-state index contributed by atoms with van der Waals surface area (Å²) in [6.45, 7) is 1.11. The number of fused-ring (bicyclic) bond motifs is 4. The van der Waals surface area contributed by atoms with Gasteiger partial charge in [-0.15, -0.1) is 0 Å². The number of ether oxygens (including phenoxy) is 2. The first-order valence-corrected chi connectivity index (χ1v) is 11.2. The van der Waals surface area contributed by atoms with E-state index in [2.05, 4.69) is 4.98 Å². The third-order valence-corrected chi connectivity index (χ3v) is 7.07. The topological polar surface area (TPSA) is 97.1 Å². The number of aliphatic hydroxyl groups excluding tert-OH is 1. The molecular formula is C25H28N4O5. The zero-order valence-corrected chi connectivity index (χ0v) is 19.5. The van der Waals surface area contributed by atoms with Crippen molar-refractivity contribution in [3.63, 3.8) is 0 Å². The minimum Gasteiger partial charge on any atom is -0.497 e. The summed E-state index contributed by atoms with van der Waals surface area (Å²) in [5.41, 5.74) is 2.78. The van der Waals surface area contributed by atoms with Crippen LogP contribution in [-0.2, 0) is 22.0 Å². The molecule has 0 unspecified atom stereocenters. The summed E-state index contributed by atoms with van der Waals surface area (Å²) in [5.74, 6) is 0.407. The van der Waals surface area contributed by atoms with Crippen molar-refractivity contribution in [1.82, 2.24) is 19.4 Å². The number of pyridine rings is 1. The summed E-state index contributed by atoms with van der Waals surface area (Å²) in [4.78, 5) is 33.8. The molecule has 1 saturated heterocycles. The standard InChI is InChI=1S/C25H28N4O5/c1-27-19-10-16(34-3)7-8-17(19)22-23(27)20(11-30)29(24(32)18-6-4-5-9-26-18)15-25(22)13-28(14-25)21(31)12-33-2/h4-10,20,30H,11-15H2,1-3H3/t20-/m0/s1. The monoisotopic (exact) mass is 464 g/mol. The molecule has 178 valence electrons. The van der Waals surface area contributed by atoms with E-state index in [0.29, 0.717) is 25.3 Å². The van der Waals surface area contributed by atoms with Crippen LogP contribution in [0.15, 0.2) is 42.6 Å². The fourth-order valence-electron chi connectivity index (χ4n) is 5.54. The lowest BCUT2D eigenvalue weighted by Crippen LogP contribution is -2.68. The lowest BCUT2D eigenvalue weighted by molar-refractivity contribution is -0.144. The molecule has 5 rings (SSSR count). The molecule has 1 aromatic carbocycles. The zero-order valence-electron chi connectivity index (χ0n) is 19.5. The smallest absolute Gasteiger partial charge is 0.273 e. The van der Waals surface area contributed by atoms with Crippen LogP contribution < -0.4 is 4.74 Å². The number of rotatable bonds is 5. The maximum absolute atomic E-state index is 13.6. The van der Waals surface area contributed by atoms with Crippen LogP contribution in [-0.4, -0.2) is 83.3 Å². The second-order valence-electron chi connectivity index (χ2n) is 9.01. The van der Waals surface area contributed by atoms with Gasteiger partial charge in [0.15, 0.2) is 0 Å². The second-order valence-corrected chi connectivity index (χ2v) is 9.01. The van der Waals surface area contributed by atoms with Gasteiger partial charge < -0.3 is 28.9 Å². The van der Waals surface area contributed by atoms with Gasteiger partial charge in [-0.2, -0.15) is 0 Å². The number of hydrogen-bond donors (Lipinski definition) is 1. The summed E-state index contributed by atoms with van der Waals surface area (Å²) < 4.78 is 12.5. The Balaban J connectivity index is 1.66. The number of amides is 2. The molecule has 2 aromatic heterocycles. The lowest BCUT2D eigenvalue weighted by atomic mass is 9.68. The van der Waals surface area contributed by atoms with E-state index >= 15 is 0 Å². The molecule has 4 heterocycles. The van der Waals surface area contributed by atoms with Crippen molar-refractivity contribution in [3.8, 4) is 5.75 Å². The highest BCUT2D eigenvalue weighted by Gasteiger charge is 2.55. The van der Waals surface area contributed by atoms with E-state index in [1.165, 1.54) is 7.11 Å². The molecule has 2 aliphatic rings. The molecule has 0 saturated carbocycles.